The third-order valence-corrected chi connectivity index (χ3v) is 6.24. The Morgan fingerprint density at radius 1 is 1.16 bits per heavy atom. The number of carbonyl (C=O) groups is 1. The van der Waals surface area contributed by atoms with Crippen molar-refractivity contribution in [1.82, 2.24) is 25.1 Å². The number of hydrogen-bond acceptors (Lipinski definition) is 7. The quantitative estimate of drug-likeness (QED) is 0.659. The fourth-order valence-electron chi connectivity index (χ4n) is 4.46. The summed E-state index contributed by atoms with van der Waals surface area (Å²) in [7, 11) is 1.52. The Kier molecular flexibility index (Phi) is 4.68. The molecule has 0 unspecified atom stereocenters. The zero-order valence-corrected chi connectivity index (χ0v) is 17.2. The van der Waals surface area contributed by atoms with Crippen LogP contribution in [0.2, 0.25) is 0 Å². The van der Waals surface area contributed by atoms with Gasteiger partial charge in [-0.25, -0.2) is 15.0 Å². The molecule has 0 saturated carbocycles. The third kappa shape index (κ3) is 3.49. The number of nitrogens with zero attached hydrogens (tertiary/aromatic N) is 6. The lowest BCUT2D eigenvalue weighted by atomic mass is 9.77. The molecule has 9 nitrogen and oxygen atoms in total. The van der Waals surface area contributed by atoms with Crippen molar-refractivity contribution >= 4 is 28.6 Å². The standard InChI is InChI=1S/C20H20F3N7O2/c1-32-18-16-17(27-28-18)26-14(10-25-16)29-6-4-19(5-7-29)8-15(31)30(11-19)12-2-3-13(24-9-12)20(21,22)23/h2-3,9-10H,4-8,11H2,1H3,(H,26,27,28). The lowest BCUT2D eigenvalue weighted by Gasteiger charge is -2.39. The average molecular weight is 447 g/mol. The number of H-pyrrole nitrogens is 1. The van der Waals surface area contributed by atoms with Gasteiger partial charge in [-0.3, -0.25) is 9.89 Å². The fraction of sp³-hybridized carbons (Fsp3) is 0.450. The van der Waals surface area contributed by atoms with Gasteiger partial charge in [-0.2, -0.15) is 13.2 Å². The first-order chi connectivity index (χ1) is 15.3. The van der Waals surface area contributed by atoms with Gasteiger partial charge in [0, 0.05) is 31.5 Å². The smallest absolute Gasteiger partial charge is 0.433 e. The Labute approximate surface area is 180 Å². The minimum absolute atomic E-state index is 0.0919. The van der Waals surface area contributed by atoms with Crippen LogP contribution in [0.4, 0.5) is 24.7 Å². The Hall–Kier alpha value is -3.44. The molecular weight excluding hydrogens is 427 g/mol. The molecule has 5 rings (SSSR count). The molecule has 1 amide bonds. The van der Waals surface area contributed by atoms with Gasteiger partial charge in [-0.15, -0.1) is 5.10 Å². The van der Waals surface area contributed by atoms with Crippen molar-refractivity contribution in [3.8, 4) is 5.88 Å². The first-order valence-electron chi connectivity index (χ1n) is 10.1. The van der Waals surface area contributed by atoms with Crippen molar-refractivity contribution in [3.05, 3.63) is 30.2 Å². The van der Waals surface area contributed by atoms with E-state index in [2.05, 4.69) is 30.0 Å². The molecule has 12 heteroatoms. The van der Waals surface area contributed by atoms with Crippen molar-refractivity contribution in [1.29, 1.82) is 0 Å². The molecule has 0 atom stereocenters. The second kappa shape index (κ2) is 7.31. The van der Waals surface area contributed by atoms with Crippen LogP contribution in [-0.4, -0.2) is 57.8 Å². The van der Waals surface area contributed by atoms with Crippen LogP contribution >= 0.6 is 0 Å². The molecule has 32 heavy (non-hydrogen) atoms. The van der Waals surface area contributed by atoms with E-state index in [0.29, 0.717) is 54.6 Å². The molecule has 5 heterocycles. The number of alkyl halides is 3. The maximum atomic E-state index is 12.8. The Balaban J connectivity index is 1.28. The minimum Gasteiger partial charge on any atom is -0.478 e. The maximum Gasteiger partial charge on any atom is 0.433 e. The molecule has 2 fully saturated rings. The second-order valence-electron chi connectivity index (χ2n) is 8.20. The molecule has 0 radical (unpaired) electrons. The summed E-state index contributed by atoms with van der Waals surface area (Å²) in [4.78, 5) is 28.8. The van der Waals surface area contributed by atoms with Gasteiger partial charge in [0.05, 0.1) is 25.2 Å². The fourth-order valence-corrected chi connectivity index (χ4v) is 4.46. The van der Waals surface area contributed by atoms with Gasteiger partial charge in [-0.05, 0) is 25.0 Å². The normalized spacial score (nSPS) is 18.7. The molecule has 3 aromatic heterocycles. The molecule has 1 N–H and O–H groups in total. The van der Waals surface area contributed by atoms with E-state index < -0.39 is 11.9 Å². The SMILES string of the molecule is COc1n[nH]c2nc(N3CCC4(CC3)CC(=O)N(c3ccc(C(F)(F)F)nc3)C4)cnc12. The summed E-state index contributed by atoms with van der Waals surface area (Å²) in [5, 5.41) is 6.83. The molecule has 1 spiro atoms. The molecule has 0 bridgehead atoms. The number of fused-ring (bicyclic) bond motifs is 1. The zero-order valence-electron chi connectivity index (χ0n) is 17.2. The van der Waals surface area contributed by atoms with Crippen LogP contribution in [0.3, 0.4) is 0 Å². The number of aromatic nitrogens is 5. The molecule has 3 aromatic rings. The van der Waals surface area contributed by atoms with E-state index in [9.17, 15) is 18.0 Å². The minimum atomic E-state index is -4.51. The Morgan fingerprint density at radius 2 is 1.94 bits per heavy atom. The van der Waals surface area contributed by atoms with Crippen LogP contribution in [0.5, 0.6) is 5.88 Å². The molecule has 168 valence electrons. The monoisotopic (exact) mass is 447 g/mol. The van der Waals surface area contributed by atoms with E-state index in [1.54, 1.807) is 11.1 Å². The summed E-state index contributed by atoms with van der Waals surface area (Å²) in [5.74, 6) is 1.01. The van der Waals surface area contributed by atoms with Crippen molar-refractivity contribution < 1.29 is 22.7 Å². The van der Waals surface area contributed by atoms with E-state index in [-0.39, 0.29) is 11.3 Å². The lowest BCUT2D eigenvalue weighted by Crippen LogP contribution is -2.42. The van der Waals surface area contributed by atoms with E-state index in [0.717, 1.165) is 25.1 Å². The highest BCUT2D eigenvalue weighted by atomic mass is 19.4. The molecule has 0 aromatic carbocycles. The second-order valence-corrected chi connectivity index (χ2v) is 8.20. The van der Waals surface area contributed by atoms with Gasteiger partial charge in [0.15, 0.2) is 11.2 Å². The van der Waals surface area contributed by atoms with Crippen LogP contribution in [0, 0.1) is 5.41 Å². The van der Waals surface area contributed by atoms with Crippen LogP contribution < -0.4 is 14.5 Å². The summed E-state index contributed by atoms with van der Waals surface area (Å²) < 4.78 is 43.5. The lowest BCUT2D eigenvalue weighted by molar-refractivity contribution is -0.141. The summed E-state index contributed by atoms with van der Waals surface area (Å²) in [6.45, 7) is 1.85. The maximum absolute atomic E-state index is 12.8. The van der Waals surface area contributed by atoms with Crippen molar-refractivity contribution in [2.75, 3.05) is 36.5 Å². The van der Waals surface area contributed by atoms with Gasteiger partial charge >= 0.3 is 6.18 Å². The van der Waals surface area contributed by atoms with Crippen LogP contribution in [0.25, 0.3) is 11.2 Å². The van der Waals surface area contributed by atoms with E-state index in [1.165, 1.54) is 13.2 Å². The summed E-state index contributed by atoms with van der Waals surface area (Å²) in [5.41, 5.74) is 0.310. The van der Waals surface area contributed by atoms with E-state index in [1.807, 2.05) is 0 Å². The van der Waals surface area contributed by atoms with Crippen molar-refractivity contribution in [3.63, 3.8) is 0 Å². The first kappa shape index (κ1) is 20.5. The number of hydrogen-bond donors (Lipinski definition) is 1. The van der Waals surface area contributed by atoms with E-state index in [4.69, 9.17) is 4.74 Å². The molecule has 2 aliphatic rings. The van der Waals surface area contributed by atoms with Crippen LogP contribution in [0.15, 0.2) is 24.5 Å². The number of nitrogens with one attached hydrogen (secondary N) is 1. The van der Waals surface area contributed by atoms with E-state index >= 15 is 0 Å². The number of rotatable bonds is 3. The molecule has 0 aliphatic carbocycles. The summed E-state index contributed by atoms with van der Waals surface area (Å²) in [6, 6.07) is 2.22. The number of halogens is 3. The highest BCUT2D eigenvalue weighted by Crippen LogP contribution is 2.43. The Morgan fingerprint density at radius 3 is 2.59 bits per heavy atom. The topological polar surface area (TPSA) is 100 Å². The third-order valence-electron chi connectivity index (χ3n) is 6.24. The van der Waals surface area contributed by atoms with Gasteiger partial charge in [0.1, 0.15) is 11.5 Å². The highest BCUT2D eigenvalue weighted by Gasteiger charge is 2.45. The largest absolute Gasteiger partial charge is 0.478 e. The molecular formula is C20H20F3N7O2. The number of piperidine rings is 1. The van der Waals surface area contributed by atoms with Gasteiger partial charge < -0.3 is 14.5 Å². The predicted molar refractivity (Wildman–Crippen MR) is 108 cm³/mol. The predicted octanol–water partition coefficient (Wildman–Crippen LogP) is 2.80. The number of carbonyl (C=O) groups excluding carboxylic acids is 1. The Bertz CT molecular complexity index is 1150. The van der Waals surface area contributed by atoms with Crippen LogP contribution in [0.1, 0.15) is 25.0 Å². The van der Waals surface area contributed by atoms with Crippen LogP contribution in [-0.2, 0) is 11.0 Å². The first-order valence-corrected chi connectivity index (χ1v) is 10.1. The van der Waals surface area contributed by atoms with Crippen molar-refractivity contribution in [2.45, 2.75) is 25.4 Å². The molecule has 2 saturated heterocycles. The average Bonchev–Trinajstić information content (AvgIpc) is 3.34. The number of amides is 1. The summed E-state index contributed by atoms with van der Waals surface area (Å²) in [6.07, 6.45) is 0.181. The van der Waals surface area contributed by atoms with Gasteiger partial charge in [0.2, 0.25) is 5.91 Å². The number of anilines is 2. The number of methoxy groups -OCH3 is 1. The highest BCUT2D eigenvalue weighted by molar-refractivity contribution is 5.96. The van der Waals surface area contributed by atoms with Crippen molar-refractivity contribution in [2.24, 2.45) is 5.41 Å². The zero-order chi connectivity index (χ0) is 22.5. The van der Waals surface area contributed by atoms with Gasteiger partial charge in [0.25, 0.3) is 5.88 Å². The summed E-state index contributed by atoms with van der Waals surface area (Å²) >= 11 is 0. The van der Waals surface area contributed by atoms with Gasteiger partial charge in [-0.1, -0.05) is 0 Å². The number of aromatic amines is 1. The molecule has 2 aliphatic heterocycles. The number of pyridine rings is 1. The number of ether oxygens (including phenoxy) is 1.